The molecule has 1 saturated heterocycles. The maximum Gasteiger partial charge on any atom is 0.246 e. The van der Waals surface area contributed by atoms with Gasteiger partial charge in [0.15, 0.2) is 6.23 Å². The molecule has 160 valence electrons. The summed E-state index contributed by atoms with van der Waals surface area (Å²) in [6.45, 7) is 5.95. The van der Waals surface area contributed by atoms with Crippen molar-refractivity contribution in [3.05, 3.63) is 78.4 Å². The molecule has 1 saturated carbocycles. The number of nitrogens with zero attached hydrogens (tertiary/aromatic N) is 1. The van der Waals surface area contributed by atoms with Crippen LogP contribution >= 0.6 is 0 Å². The Labute approximate surface area is 180 Å². The molecule has 4 nitrogen and oxygen atoms in total. The second-order valence-corrected chi connectivity index (χ2v) is 10.4. The number of aryl methyl sites for hydroxylation is 1. The Morgan fingerprint density at radius 3 is 2.30 bits per heavy atom. The summed E-state index contributed by atoms with van der Waals surface area (Å²) in [7, 11) is -3.75. The fourth-order valence-corrected chi connectivity index (χ4v) is 6.46. The molecule has 0 bridgehead atoms. The SMILES string of the molecule is C=C[C@H]1C[C@@H](C2CCCCC2)O[C@@H](c2ccccc2)N1S(=O)(=O)c1ccc(C)cc1. The molecule has 2 fully saturated rings. The number of rotatable bonds is 5. The molecule has 5 heteroatoms. The van der Waals surface area contributed by atoms with Crippen LogP contribution in [0, 0.1) is 12.8 Å². The molecule has 0 aromatic heterocycles. The second-order valence-electron chi connectivity index (χ2n) is 8.52. The monoisotopic (exact) mass is 425 g/mol. The minimum absolute atomic E-state index is 0.0444. The third-order valence-corrected chi connectivity index (χ3v) is 8.35. The van der Waals surface area contributed by atoms with Crippen molar-refractivity contribution in [1.82, 2.24) is 4.31 Å². The molecule has 2 aromatic carbocycles. The highest BCUT2D eigenvalue weighted by atomic mass is 32.2. The van der Waals surface area contributed by atoms with Gasteiger partial charge in [-0.3, -0.25) is 0 Å². The van der Waals surface area contributed by atoms with Gasteiger partial charge in [0, 0.05) is 6.04 Å². The van der Waals surface area contributed by atoms with Crippen molar-refractivity contribution in [3.63, 3.8) is 0 Å². The quantitative estimate of drug-likeness (QED) is 0.585. The van der Waals surface area contributed by atoms with Gasteiger partial charge in [-0.1, -0.05) is 73.4 Å². The van der Waals surface area contributed by atoms with E-state index in [2.05, 4.69) is 6.58 Å². The van der Waals surface area contributed by atoms with Crippen LogP contribution < -0.4 is 0 Å². The van der Waals surface area contributed by atoms with Gasteiger partial charge in [0.1, 0.15) is 0 Å². The zero-order valence-corrected chi connectivity index (χ0v) is 18.4. The molecule has 4 rings (SSSR count). The van der Waals surface area contributed by atoms with E-state index in [1.807, 2.05) is 49.4 Å². The van der Waals surface area contributed by atoms with Crippen LogP contribution in [0.2, 0.25) is 0 Å². The molecule has 0 radical (unpaired) electrons. The van der Waals surface area contributed by atoms with E-state index in [4.69, 9.17) is 4.74 Å². The Bertz CT molecular complexity index is 950. The van der Waals surface area contributed by atoms with Crippen molar-refractivity contribution < 1.29 is 13.2 Å². The Morgan fingerprint density at radius 1 is 1.00 bits per heavy atom. The van der Waals surface area contributed by atoms with Gasteiger partial charge >= 0.3 is 0 Å². The predicted molar refractivity (Wildman–Crippen MR) is 119 cm³/mol. The Morgan fingerprint density at radius 2 is 1.67 bits per heavy atom. The van der Waals surface area contributed by atoms with Crippen molar-refractivity contribution in [2.45, 2.75) is 68.7 Å². The van der Waals surface area contributed by atoms with Crippen molar-refractivity contribution >= 4 is 10.0 Å². The van der Waals surface area contributed by atoms with Crippen LogP contribution in [0.4, 0.5) is 0 Å². The maximum absolute atomic E-state index is 13.7. The van der Waals surface area contributed by atoms with Gasteiger partial charge in [0.05, 0.1) is 11.0 Å². The molecule has 0 spiro atoms. The number of benzene rings is 2. The Kier molecular flexibility index (Phi) is 6.42. The van der Waals surface area contributed by atoms with Gasteiger partial charge in [-0.2, -0.15) is 4.31 Å². The van der Waals surface area contributed by atoms with E-state index >= 15 is 0 Å². The van der Waals surface area contributed by atoms with Crippen LogP contribution in [-0.4, -0.2) is 24.9 Å². The third-order valence-electron chi connectivity index (χ3n) is 6.46. The lowest BCUT2D eigenvalue weighted by molar-refractivity contribution is -0.146. The zero-order valence-electron chi connectivity index (χ0n) is 17.6. The molecule has 1 aliphatic heterocycles. The molecule has 2 aliphatic rings. The molecule has 0 amide bonds. The highest BCUT2D eigenvalue weighted by Crippen LogP contribution is 2.42. The van der Waals surface area contributed by atoms with Crippen LogP contribution in [0.3, 0.4) is 0 Å². The number of sulfonamides is 1. The molecule has 0 unspecified atom stereocenters. The second kappa shape index (κ2) is 9.04. The highest BCUT2D eigenvalue weighted by Gasteiger charge is 2.45. The fourth-order valence-electron chi connectivity index (χ4n) is 4.79. The molecule has 0 N–H and O–H groups in total. The van der Waals surface area contributed by atoms with Gasteiger partial charge in [-0.25, -0.2) is 8.42 Å². The zero-order chi connectivity index (χ0) is 21.1. The van der Waals surface area contributed by atoms with Gasteiger partial charge in [-0.05, 0) is 49.8 Å². The molecule has 1 aliphatic carbocycles. The standard InChI is InChI=1S/C25H31NO3S/c1-3-22-18-24(20-10-6-4-7-11-20)29-25(21-12-8-5-9-13-21)26(22)30(27,28)23-16-14-19(2)15-17-23/h3,5,8-9,12-17,20,22,24-25H,1,4,6-7,10-11,18H2,2H3/t22-,24-,25-/m0/s1. The average Bonchev–Trinajstić information content (AvgIpc) is 2.79. The van der Waals surface area contributed by atoms with Crippen LogP contribution in [0.15, 0.2) is 72.1 Å². The summed E-state index contributed by atoms with van der Waals surface area (Å²) in [4.78, 5) is 0.292. The fraction of sp³-hybridized carbons (Fsp3) is 0.440. The van der Waals surface area contributed by atoms with E-state index in [1.54, 1.807) is 18.2 Å². The molecular formula is C25H31NO3S. The first-order chi connectivity index (χ1) is 14.5. The summed E-state index contributed by atoms with van der Waals surface area (Å²) in [6.07, 6.45) is 7.87. The summed E-state index contributed by atoms with van der Waals surface area (Å²) < 4.78 is 35.6. The van der Waals surface area contributed by atoms with E-state index < -0.39 is 16.3 Å². The summed E-state index contributed by atoms with van der Waals surface area (Å²) >= 11 is 0. The van der Waals surface area contributed by atoms with Crippen molar-refractivity contribution in [3.8, 4) is 0 Å². The van der Waals surface area contributed by atoms with Crippen molar-refractivity contribution in [1.29, 1.82) is 0 Å². The lowest BCUT2D eigenvalue weighted by atomic mass is 9.82. The summed E-state index contributed by atoms with van der Waals surface area (Å²) in [6, 6.07) is 16.4. The van der Waals surface area contributed by atoms with Gasteiger partial charge < -0.3 is 4.74 Å². The van der Waals surface area contributed by atoms with Gasteiger partial charge in [0.25, 0.3) is 0 Å². The summed E-state index contributed by atoms with van der Waals surface area (Å²) in [5, 5.41) is 0. The van der Waals surface area contributed by atoms with E-state index in [0.29, 0.717) is 17.2 Å². The molecule has 2 aromatic rings. The van der Waals surface area contributed by atoms with Gasteiger partial charge in [-0.15, -0.1) is 6.58 Å². The molecule has 30 heavy (non-hydrogen) atoms. The minimum atomic E-state index is -3.75. The van der Waals surface area contributed by atoms with Crippen LogP contribution in [0.1, 0.15) is 55.9 Å². The first-order valence-corrected chi connectivity index (χ1v) is 12.4. The van der Waals surface area contributed by atoms with Crippen LogP contribution in [0.5, 0.6) is 0 Å². The lowest BCUT2D eigenvalue weighted by Gasteiger charge is -2.46. The molecule has 1 heterocycles. The van der Waals surface area contributed by atoms with Crippen molar-refractivity contribution in [2.24, 2.45) is 5.92 Å². The third kappa shape index (κ3) is 4.25. The maximum atomic E-state index is 13.7. The Hall–Kier alpha value is -1.95. The summed E-state index contributed by atoms with van der Waals surface area (Å²) in [5.41, 5.74) is 1.89. The predicted octanol–water partition coefficient (Wildman–Crippen LogP) is 5.61. The summed E-state index contributed by atoms with van der Waals surface area (Å²) in [5.74, 6) is 0.483. The molecule has 3 atom stereocenters. The smallest absolute Gasteiger partial charge is 0.246 e. The van der Waals surface area contributed by atoms with Crippen molar-refractivity contribution in [2.75, 3.05) is 0 Å². The first kappa shape index (κ1) is 21.3. The van der Waals surface area contributed by atoms with E-state index in [9.17, 15) is 8.42 Å². The molecular weight excluding hydrogens is 394 g/mol. The van der Waals surface area contributed by atoms with Crippen LogP contribution in [-0.2, 0) is 14.8 Å². The topological polar surface area (TPSA) is 46.6 Å². The average molecular weight is 426 g/mol. The Balaban J connectivity index is 1.74. The van der Waals surface area contributed by atoms with E-state index in [1.165, 1.54) is 23.6 Å². The number of hydrogen-bond donors (Lipinski definition) is 0. The highest BCUT2D eigenvalue weighted by molar-refractivity contribution is 7.89. The number of hydrogen-bond acceptors (Lipinski definition) is 3. The van der Waals surface area contributed by atoms with Gasteiger partial charge in [0.2, 0.25) is 10.0 Å². The minimum Gasteiger partial charge on any atom is -0.354 e. The van der Waals surface area contributed by atoms with E-state index in [0.717, 1.165) is 24.0 Å². The first-order valence-electron chi connectivity index (χ1n) is 10.9. The lowest BCUT2D eigenvalue weighted by Crippen LogP contribution is -2.51. The van der Waals surface area contributed by atoms with Crippen LogP contribution in [0.25, 0.3) is 0 Å². The van der Waals surface area contributed by atoms with E-state index in [-0.39, 0.29) is 12.1 Å². The number of ether oxygens (including phenoxy) is 1. The largest absolute Gasteiger partial charge is 0.354 e. The normalized spacial score (nSPS) is 26.4.